The molecule has 4 unspecified atom stereocenters. The van der Waals surface area contributed by atoms with Crippen molar-refractivity contribution in [3.63, 3.8) is 0 Å². The summed E-state index contributed by atoms with van der Waals surface area (Å²) in [6, 6.07) is 16.3. The maximum absolute atomic E-state index is 12.6. The van der Waals surface area contributed by atoms with Crippen LogP contribution in [-0.4, -0.2) is 41.8 Å². The van der Waals surface area contributed by atoms with Gasteiger partial charge in [0.25, 0.3) is 0 Å². The van der Waals surface area contributed by atoms with E-state index < -0.39 is 6.23 Å². The fraction of sp³-hybridized carbons (Fsp3) is 0.609. The highest BCUT2D eigenvalue weighted by Gasteiger charge is 2.63. The van der Waals surface area contributed by atoms with Crippen LogP contribution in [0.2, 0.25) is 0 Å². The van der Waals surface area contributed by atoms with E-state index in [4.69, 9.17) is 0 Å². The third kappa shape index (κ3) is 8.66. The third-order valence-electron chi connectivity index (χ3n) is 12.0. The zero-order valence-corrected chi connectivity index (χ0v) is 37.2. The first-order valence-corrected chi connectivity index (χ1v) is 24.1. The summed E-state index contributed by atoms with van der Waals surface area (Å²) < 4.78 is 0. The summed E-state index contributed by atoms with van der Waals surface area (Å²) in [7, 11) is 4.49. The summed E-state index contributed by atoms with van der Waals surface area (Å²) in [5, 5.41) is 14.8. The van der Waals surface area contributed by atoms with Crippen LogP contribution in [0.5, 0.6) is 0 Å². The summed E-state index contributed by atoms with van der Waals surface area (Å²) >= 11 is 7.71. The molecule has 0 spiro atoms. The predicted molar refractivity (Wildman–Crippen MR) is 237 cm³/mol. The van der Waals surface area contributed by atoms with Crippen molar-refractivity contribution in [2.45, 2.75) is 149 Å². The van der Waals surface area contributed by atoms with Crippen molar-refractivity contribution in [1.82, 2.24) is 9.80 Å². The second-order valence-corrected chi connectivity index (χ2v) is 21.2. The fourth-order valence-corrected chi connectivity index (χ4v) is 13.6. The average Bonchev–Trinajstić information content (AvgIpc) is 3.95. The van der Waals surface area contributed by atoms with Gasteiger partial charge in [0.1, 0.15) is 6.23 Å². The highest BCUT2D eigenvalue weighted by molar-refractivity contribution is 7.26. The lowest BCUT2D eigenvalue weighted by molar-refractivity contribution is -0.0749. The molecule has 0 aromatic carbocycles. The van der Waals surface area contributed by atoms with E-state index in [9.17, 15) is 5.11 Å². The van der Waals surface area contributed by atoms with Gasteiger partial charge in [-0.05, 0) is 104 Å². The van der Waals surface area contributed by atoms with Crippen molar-refractivity contribution < 1.29 is 5.11 Å². The first-order valence-electron chi connectivity index (χ1n) is 20.8. The largest absolute Gasteiger partial charge is 0.373 e. The van der Waals surface area contributed by atoms with Crippen molar-refractivity contribution in [3.8, 4) is 19.5 Å². The van der Waals surface area contributed by atoms with Crippen molar-refractivity contribution >= 4 is 51.0 Å². The topological polar surface area (TPSA) is 26.7 Å². The molecule has 4 aromatic heterocycles. The molecular formula is C46H66N2OS4. The van der Waals surface area contributed by atoms with Gasteiger partial charge >= 0.3 is 0 Å². The number of fused-ring (bicyclic) bond motifs is 1. The molecule has 7 heteroatoms. The Kier molecular flexibility index (Phi) is 13.9. The Labute approximate surface area is 338 Å². The Morgan fingerprint density at radius 1 is 0.811 bits per heavy atom. The van der Waals surface area contributed by atoms with Crippen LogP contribution in [0.25, 0.3) is 25.2 Å². The Balaban J connectivity index is 1.27. The van der Waals surface area contributed by atoms with E-state index in [1.54, 1.807) is 0 Å². The SMILES string of the molecule is CCCCCCCCC(CCCCCC)CN1C(c2cccs2)=C2CC(c3ccc(-c4cc(CC)c(-c5ccc(C(C)(C)C)s5)s4)s3)(N(C)C)C2C1O. The van der Waals surface area contributed by atoms with Crippen molar-refractivity contribution in [2.75, 3.05) is 20.6 Å². The molecular weight excluding hydrogens is 725 g/mol. The highest BCUT2D eigenvalue weighted by Crippen LogP contribution is 2.64. The fourth-order valence-electron chi connectivity index (χ4n) is 8.90. The summed E-state index contributed by atoms with van der Waals surface area (Å²) in [6.07, 6.45) is 17.4. The van der Waals surface area contributed by atoms with Crippen LogP contribution >= 0.6 is 45.3 Å². The van der Waals surface area contributed by atoms with E-state index in [2.05, 4.69) is 113 Å². The molecule has 4 aromatic rings. The van der Waals surface area contributed by atoms with Crippen LogP contribution in [0.4, 0.5) is 0 Å². The summed E-state index contributed by atoms with van der Waals surface area (Å²) in [5.74, 6) is 0.689. The lowest BCUT2D eigenvalue weighted by atomic mass is 9.61. The van der Waals surface area contributed by atoms with Gasteiger partial charge in [-0.15, -0.1) is 45.3 Å². The number of aliphatic hydroxyl groups is 1. The zero-order chi connectivity index (χ0) is 37.8. The highest BCUT2D eigenvalue weighted by atomic mass is 32.1. The molecule has 0 amide bonds. The molecule has 5 heterocycles. The summed E-state index contributed by atoms with van der Waals surface area (Å²) in [5.41, 5.74) is 4.21. The van der Waals surface area contributed by atoms with Gasteiger partial charge in [-0.1, -0.05) is 112 Å². The van der Waals surface area contributed by atoms with E-state index in [1.165, 1.54) is 128 Å². The minimum absolute atomic E-state index is 0.0722. The normalized spacial score (nSPS) is 20.8. The van der Waals surface area contributed by atoms with Gasteiger partial charge in [-0.25, -0.2) is 0 Å². The minimum atomic E-state index is -0.512. The Bertz CT molecular complexity index is 1770. The quantitative estimate of drug-likeness (QED) is 0.0903. The van der Waals surface area contributed by atoms with E-state index in [0.717, 1.165) is 19.4 Å². The van der Waals surface area contributed by atoms with Crippen LogP contribution in [0.15, 0.2) is 53.4 Å². The molecule has 1 N–H and O–H groups in total. The first-order chi connectivity index (χ1) is 25.5. The van der Waals surface area contributed by atoms with Gasteiger partial charge in [-0.2, -0.15) is 0 Å². The van der Waals surface area contributed by atoms with Crippen molar-refractivity contribution in [2.24, 2.45) is 11.8 Å². The van der Waals surface area contributed by atoms with Crippen LogP contribution in [0.3, 0.4) is 0 Å². The number of nitrogens with zero attached hydrogens (tertiary/aromatic N) is 2. The molecule has 2 aliphatic rings. The Morgan fingerprint density at radius 3 is 2.11 bits per heavy atom. The van der Waals surface area contributed by atoms with Gasteiger partial charge in [0.2, 0.25) is 0 Å². The molecule has 0 bridgehead atoms. The number of aryl methyl sites for hydroxylation is 1. The van der Waals surface area contributed by atoms with Gasteiger partial charge in [0.15, 0.2) is 0 Å². The van der Waals surface area contributed by atoms with Crippen LogP contribution in [0.1, 0.15) is 145 Å². The standard InChI is InChI=1S/C46H66N2OS4/c1-9-12-14-16-17-19-22-32(21-18-15-13-10-2)31-48-42(36-23-20-28-50-36)34-30-46(47(7)8,41(34)44(48)49)40-27-24-35(51-40)38-29-33(11-3)43(53-38)37-25-26-39(52-37)45(4,5)6/h20,23-29,32,41,44,49H,9-19,21-22,30-31H2,1-8H3. The summed E-state index contributed by atoms with van der Waals surface area (Å²) in [6.45, 7) is 14.8. The molecule has 1 fully saturated rings. The predicted octanol–water partition coefficient (Wildman–Crippen LogP) is 14.3. The van der Waals surface area contributed by atoms with E-state index in [-0.39, 0.29) is 16.9 Å². The van der Waals surface area contributed by atoms with Gasteiger partial charge < -0.3 is 10.0 Å². The van der Waals surface area contributed by atoms with Gasteiger partial charge in [0, 0.05) is 35.8 Å². The maximum atomic E-state index is 12.6. The molecule has 6 rings (SSSR count). The van der Waals surface area contributed by atoms with E-state index >= 15 is 0 Å². The number of thiophene rings is 4. The molecule has 290 valence electrons. The van der Waals surface area contributed by atoms with Crippen LogP contribution in [0, 0.1) is 11.8 Å². The van der Waals surface area contributed by atoms with E-state index in [0.29, 0.717) is 5.92 Å². The minimum Gasteiger partial charge on any atom is -0.373 e. The van der Waals surface area contributed by atoms with Crippen LogP contribution in [-0.2, 0) is 17.4 Å². The number of aliphatic hydroxyl groups excluding tert-OH is 1. The van der Waals surface area contributed by atoms with Gasteiger partial charge in [0.05, 0.1) is 22.0 Å². The molecule has 3 nitrogen and oxygen atoms in total. The molecule has 0 saturated heterocycles. The second kappa shape index (κ2) is 18.0. The molecule has 1 saturated carbocycles. The van der Waals surface area contributed by atoms with Crippen LogP contribution < -0.4 is 0 Å². The number of unbranched alkanes of at least 4 members (excludes halogenated alkanes) is 8. The molecule has 1 aliphatic carbocycles. The first kappa shape index (κ1) is 40.9. The maximum Gasteiger partial charge on any atom is 0.135 e. The number of rotatable bonds is 20. The lowest BCUT2D eigenvalue weighted by Gasteiger charge is -2.54. The van der Waals surface area contributed by atoms with Crippen molar-refractivity contribution in [1.29, 1.82) is 0 Å². The van der Waals surface area contributed by atoms with E-state index in [1.807, 2.05) is 45.3 Å². The smallest absolute Gasteiger partial charge is 0.135 e. The molecule has 0 radical (unpaired) electrons. The third-order valence-corrected chi connectivity index (χ3v) is 17.2. The monoisotopic (exact) mass is 790 g/mol. The molecule has 4 atom stereocenters. The lowest BCUT2D eigenvalue weighted by Crippen LogP contribution is -2.59. The average molecular weight is 791 g/mol. The summed E-state index contributed by atoms with van der Waals surface area (Å²) in [4.78, 5) is 14.6. The zero-order valence-electron chi connectivity index (χ0n) is 33.9. The van der Waals surface area contributed by atoms with Gasteiger partial charge in [-0.3, -0.25) is 4.90 Å². The molecule has 53 heavy (non-hydrogen) atoms. The number of hydrogen-bond donors (Lipinski definition) is 1. The molecule has 1 aliphatic heterocycles. The Hall–Kier alpha value is -1.74. The number of hydrogen-bond acceptors (Lipinski definition) is 7. The second-order valence-electron chi connectivity index (χ2n) is 17.1. The van der Waals surface area contributed by atoms with Crippen molar-refractivity contribution in [3.05, 3.63) is 73.6 Å². The Morgan fingerprint density at radius 2 is 1.49 bits per heavy atom.